The Balaban J connectivity index is 2.81. The number of rotatable bonds is 6. The molecule has 0 spiro atoms. The van der Waals surface area contributed by atoms with E-state index in [1.54, 1.807) is 13.0 Å². The lowest BCUT2D eigenvalue weighted by atomic mass is 10.2. The summed E-state index contributed by atoms with van der Waals surface area (Å²) in [7, 11) is -3.14. The Labute approximate surface area is 123 Å². The van der Waals surface area contributed by atoms with E-state index in [1.807, 2.05) is 6.92 Å². The van der Waals surface area contributed by atoms with Crippen molar-refractivity contribution in [3.05, 3.63) is 22.8 Å². The molecule has 112 valence electrons. The Bertz CT molecular complexity index is 590. The molecule has 2 N–H and O–H groups in total. The van der Waals surface area contributed by atoms with E-state index in [0.717, 1.165) is 6.26 Å². The van der Waals surface area contributed by atoms with Gasteiger partial charge in [-0.25, -0.2) is 13.4 Å². The number of carbonyl (C=O) groups is 1. The summed E-state index contributed by atoms with van der Waals surface area (Å²) < 4.78 is 22.3. The molecule has 0 aliphatic rings. The van der Waals surface area contributed by atoms with Crippen molar-refractivity contribution in [1.29, 1.82) is 0 Å². The van der Waals surface area contributed by atoms with E-state index < -0.39 is 15.9 Å². The van der Waals surface area contributed by atoms with Gasteiger partial charge in [-0.3, -0.25) is 4.79 Å². The van der Waals surface area contributed by atoms with Crippen LogP contribution in [0.25, 0.3) is 0 Å². The predicted molar refractivity (Wildman–Crippen MR) is 80.0 cm³/mol. The largest absolute Gasteiger partial charge is 0.370 e. The molecule has 0 aliphatic heterocycles. The molecule has 0 saturated carbocycles. The molecule has 0 aromatic carbocycles. The number of halogens is 1. The molecule has 0 aliphatic carbocycles. The van der Waals surface area contributed by atoms with E-state index in [1.165, 1.54) is 6.07 Å². The van der Waals surface area contributed by atoms with Crippen LogP contribution in [0.15, 0.2) is 12.1 Å². The first-order valence-electron chi connectivity index (χ1n) is 6.11. The van der Waals surface area contributed by atoms with Gasteiger partial charge in [0.25, 0.3) is 5.91 Å². The van der Waals surface area contributed by atoms with E-state index in [0.29, 0.717) is 17.9 Å². The van der Waals surface area contributed by atoms with Crippen LogP contribution in [-0.2, 0) is 9.84 Å². The third-order valence-electron chi connectivity index (χ3n) is 2.34. The summed E-state index contributed by atoms with van der Waals surface area (Å²) in [4.78, 5) is 16.1. The van der Waals surface area contributed by atoms with E-state index in [9.17, 15) is 13.2 Å². The molecule has 20 heavy (non-hydrogen) atoms. The minimum atomic E-state index is -3.14. The zero-order valence-electron chi connectivity index (χ0n) is 11.6. The van der Waals surface area contributed by atoms with Gasteiger partial charge < -0.3 is 10.6 Å². The predicted octanol–water partition coefficient (Wildman–Crippen LogP) is 1.33. The Morgan fingerprint density at radius 1 is 1.45 bits per heavy atom. The van der Waals surface area contributed by atoms with Crippen molar-refractivity contribution in [2.75, 3.05) is 23.9 Å². The van der Waals surface area contributed by atoms with Gasteiger partial charge in [-0.05, 0) is 26.0 Å². The van der Waals surface area contributed by atoms with Gasteiger partial charge in [-0.2, -0.15) is 0 Å². The number of hydrogen-bond donors (Lipinski definition) is 2. The molecule has 8 heteroatoms. The molecule has 1 unspecified atom stereocenters. The second kappa shape index (κ2) is 6.90. The van der Waals surface area contributed by atoms with Crippen LogP contribution >= 0.6 is 11.6 Å². The monoisotopic (exact) mass is 319 g/mol. The number of carbonyl (C=O) groups excluding carboxylic acids is 1. The van der Waals surface area contributed by atoms with Crippen LogP contribution in [-0.4, -0.2) is 43.9 Å². The Hall–Kier alpha value is -1.34. The summed E-state index contributed by atoms with van der Waals surface area (Å²) in [5, 5.41) is 5.78. The fourth-order valence-corrected chi connectivity index (χ4v) is 2.90. The molecular formula is C12H18ClN3O3S. The van der Waals surface area contributed by atoms with Crippen molar-refractivity contribution in [3.8, 4) is 0 Å². The fourth-order valence-electron chi connectivity index (χ4n) is 1.70. The maximum atomic E-state index is 12.0. The van der Waals surface area contributed by atoms with E-state index in [2.05, 4.69) is 15.6 Å². The lowest BCUT2D eigenvalue weighted by Gasteiger charge is -2.13. The molecule has 6 nitrogen and oxygen atoms in total. The SMILES string of the molecule is CCNc1cc(C(=O)NC(C)CS(C)(=O)=O)cc(Cl)n1. The van der Waals surface area contributed by atoms with E-state index in [4.69, 9.17) is 11.6 Å². The van der Waals surface area contributed by atoms with Crippen LogP contribution in [0.5, 0.6) is 0 Å². The third-order valence-corrected chi connectivity index (χ3v) is 3.64. The van der Waals surface area contributed by atoms with E-state index in [-0.39, 0.29) is 16.8 Å². The minimum absolute atomic E-state index is 0.113. The molecule has 0 bridgehead atoms. The summed E-state index contributed by atoms with van der Waals surface area (Å²) in [6.07, 6.45) is 1.13. The zero-order chi connectivity index (χ0) is 15.3. The molecule has 1 aromatic heterocycles. The van der Waals surface area contributed by atoms with Crippen molar-refractivity contribution >= 4 is 33.2 Å². The summed E-state index contributed by atoms with van der Waals surface area (Å²) >= 11 is 5.85. The number of aromatic nitrogens is 1. The lowest BCUT2D eigenvalue weighted by molar-refractivity contribution is 0.0943. The highest BCUT2D eigenvalue weighted by Crippen LogP contribution is 2.14. The van der Waals surface area contributed by atoms with Gasteiger partial charge in [0.1, 0.15) is 20.8 Å². The van der Waals surface area contributed by atoms with Gasteiger partial charge in [-0.15, -0.1) is 0 Å². The maximum Gasteiger partial charge on any atom is 0.251 e. The van der Waals surface area contributed by atoms with Crippen molar-refractivity contribution < 1.29 is 13.2 Å². The smallest absolute Gasteiger partial charge is 0.251 e. The number of amides is 1. The Morgan fingerprint density at radius 2 is 2.10 bits per heavy atom. The van der Waals surface area contributed by atoms with Gasteiger partial charge in [-0.1, -0.05) is 11.6 Å². The minimum Gasteiger partial charge on any atom is -0.370 e. The molecular weight excluding hydrogens is 302 g/mol. The van der Waals surface area contributed by atoms with Gasteiger partial charge in [0, 0.05) is 24.4 Å². The van der Waals surface area contributed by atoms with Gasteiger partial charge in [0.15, 0.2) is 0 Å². The van der Waals surface area contributed by atoms with Crippen molar-refractivity contribution in [2.45, 2.75) is 19.9 Å². The van der Waals surface area contributed by atoms with Crippen LogP contribution in [0.4, 0.5) is 5.82 Å². The van der Waals surface area contributed by atoms with Gasteiger partial charge >= 0.3 is 0 Å². The number of nitrogens with one attached hydrogen (secondary N) is 2. The van der Waals surface area contributed by atoms with E-state index >= 15 is 0 Å². The number of anilines is 1. The number of nitrogens with zero attached hydrogens (tertiary/aromatic N) is 1. The van der Waals surface area contributed by atoms with Crippen LogP contribution in [0.2, 0.25) is 5.15 Å². The average molecular weight is 320 g/mol. The second-order valence-electron chi connectivity index (χ2n) is 4.56. The molecule has 1 heterocycles. The van der Waals surface area contributed by atoms with Crippen molar-refractivity contribution in [1.82, 2.24) is 10.3 Å². The highest BCUT2D eigenvalue weighted by molar-refractivity contribution is 7.90. The summed E-state index contributed by atoms with van der Waals surface area (Å²) in [5.41, 5.74) is 0.335. The van der Waals surface area contributed by atoms with Gasteiger partial charge in [0.05, 0.1) is 5.75 Å². The molecule has 1 rings (SSSR count). The molecule has 0 radical (unpaired) electrons. The quantitative estimate of drug-likeness (QED) is 0.772. The molecule has 0 fully saturated rings. The van der Waals surface area contributed by atoms with Crippen molar-refractivity contribution in [2.24, 2.45) is 0 Å². The topological polar surface area (TPSA) is 88.2 Å². The average Bonchev–Trinajstić information content (AvgIpc) is 2.25. The third kappa shape index (κ3) is 5.75. The first-order chi connectivity index (χ1) is 9.21. The zero-order valence-corrected chi connectivity index (χ0v) is 13.2. The standard InChI is InChI=1S/C12H18ClN3O3S/c1-4-14-11-6-9(5-10(13)16-11)12(17)15-8(2)7-20(3,18)19/h5-6,8H,4,7H2,1-3H3,(H,14,16)(H,15,17). The van der Waals surface area contributed by atoms with Crippen LogP contribution in [0.3, 0.4) is 0 Å². The number of sulfone groups is 1. The van der Waals surface area contributed by atoms with Crippen LogP contribution < -0.4 is 10.6 Å². The molecule has 1 aromatic rings. The first kappa shape index (κ1) is 16.7. The maximum absolute atomic E-state index is 12.0. The normalized spacial score (nSPS) is 12.8. The molecule has 0 saturated heterocycles. The lowest BCUT2D eigenvalue weighted by Crippen LogP contribution is -2.37. The highest BCUT2D eigenvalue weighted by Gasteiger charge is 2.15. The van der Waals surface area contributed by atoms with Crippen LogP contribution in [0, 0.1) is 0 Å². The van der Waals surface area contributed by atoms with Gasteiger partial charge in [0.2, 0.25) is 0 Å². The summed E-state index contributed by atoms with van der Waals surface area (Å²) in [6, 6.07) is 2.52. The molecule has 1 atom stereocenters. The van der Waals surface area contributed by atoms with Crippen molar-refractivity contribution in [3.63, 3.8) is 0 Å². The summed E-state index contributed by atoms with van der Waals surface area (Å²) in [5.74, 6) is 0.00275. The second-order valence-corrected chi connectivity index (χ2v) is 7.13. The fraction of sp³-hybridized carbons (Fsp3) is 0.500. The Morgan fingerprint density at radius 3 is 2.65 bits per heavy atom. The number of pyridine rings is 1. The summed E-state index contributed by atoms with van der Waals surface area (Å²) in [6.45, 7) is 4.18. The highest BCUT2D eigenvalue weighted by atomic mass is 35.5. The first-order valence-corrected chi connectivity index (χ1v) is 8.55. The molecule has 1 amide bonds. The van der Waals surface area contributed by atoms with Crippen LogP contribution in [0.1, 0.15) is 24.2 Å². The Kier molecular flexibility index (Phi) is 5.76. The number of hydrogen-bond acceptors (Lipinski definition) is 5.